The number of rotatable bonds is 6. The standard InChI is InChI=1S/C21H25FN4O6S/c1-14(15-4-7-20(32-2)17(22)12-15)23-21(27)25-10-8-24(9-11-25)18-6-5-16(33(3,30)31)13-19(18)26(28)29/h4-7,12-14H,8-11H2,1-3H3,(H,23,27)/t14-/m1/s1. The number of carbonyl (C=O) groups is 1. The van der Waals surface area contributed by atoms with Gasteiger partial charge < -0.3 is 19.9 Å². The number of nitro benzene ring substituents is 1. The molecule has 1 saturated heterocycles. The molecule has 1 fully saturated rings. The molecule has 0 unspecified atom stereocenters. The summed E-state index contributed by atoms with van der Waals surface area (Å²) in [5, 5.41) is 14.3. The van der Waals surface area contributed by atoms with Crippen LogP contribution in [0.25, 0.3) is 0 Å². The number of carbonyl (C=O) groups excluding carboxylic acids is 1. The van der Waals surface area contributed by atoms with Crippen molar-refractivity contribution in [3.63, 3.8) is 0 Å². The Balaban J connectivity index is 1.65. The van der Waals surface area contributed by atoms with E-state index in [0.29, 0.717) is 37.4 Å². The van der Waals surface area contributed by atoms with Gasteiger partial charge in [0.2, 0.25) is 0 Å². The van der Waals surface area contributed by atoms with Crippen molar-refractivity contribution in [1.29, 1.82) is 0 Å². The van der Waals surface area contributed by atoms with Crippen molar-refractivity contribution >= 4 is 27.2 Å². The van der Waals surface area contributed by atoms with Crippen molar-refractivity contribution in [2.45, 2.75) is 17.9 Å². The van der Waals surface area contributed by atoms with E-state index >= 15 is 0 Å². The summed E-state index contributed by atoms with van der Waals surface area (Å²) in [7, 11) is -2.21. The molecule has 178 valence electrons. The number of anilines is 1. The van der Waals surface area contributed by atoms with Crippen LogP contribution in [0.1, 0.15) is 18.5 Å². The fourth-order valence-electron chi connectivity index (χ4n) is 3.61. The van der Waals surface area contributed by atoms with Crippen LogP contribution in [0.3, 0.4) is 0 Å². The second-order valence-corrected chi connectivity index (χ2v) is 9.73. The minimum Gasteiger partial charge on any atom is -0.494 e. The van der Waals surface area contributed by atoms with Crippen LogP contribution in [0.2, 0.25) is 0 Å². The summed E-state index contributed by atoms with van der Waals surface area (Å²) in [6, 6.07) is 7.51. The lowest BCUT2D eigenvalue weighted by Crippen LogP contribution is -2.52. The summed E-state index contributed by atoms with van der Waals surface area (Å²) in [5.41, 5.74) is 0.586. The molecule has 2 aromatic rings. The number of hydrogen-bond acceptors (Lipinski definition) is 7. The number of methoxy groups -OCH3 is 1. The van der Waals surface area contributed by atoms with Crippen molar-refractivity contribution in [2.75, 3.05) is 44.4 Å². The van der Waals surface area contributed by atoms with Gasteiger partial charge in [0, 0.05) is 38.5 Å². The van der Waals surface area contributed by atoms with E-state index in [1.54, 1.807) is 22.8 Å². The molecule has 1 heterocycles. The van der Waals surface area contributed by atoms with E-state index in [2.05, 4.69) is 5.32 Å². The largest absolute Gasteiger partial charge is 0.494 e. The third-order valence-electron chi connectivity index (χ3n) is 5.50. The second-order valence-electron chi connectivity index (χ2n) is 7.72. The number of ether oxygens (including phenoxy) is 1. The van der Waals surface area contributed by atoms with E-state index in [1.807, 2.05) is 0 Å². The van der Waals surface area contributed by atoms with Crippen molar-refractivity contribution in [2.24, 2.45) is 0 Å². The molecule has 0 bridgehead atoms. The van der Waals surface area contributed by atoms with E-state index in [4.69, 9.17) is 4.74 Å². The number of benzene rings is 2. The topological polar surface area (TPSA) is 122 Å². The van der Waals surface area contributed by atoms with Crippen LogP contribution in [0.5, 0.6) is 5.75 Å². The molecule has 0 spiro atoms. The van der Waals surface area contributed by atoms with Crippen LogP contribution in [-0.4, -0.2) is 63.8 Å². The minimum absolute atomic E-state index is 0.118. The van der Waals surface area contributed by atoms with Crippen molar-refractivity contribution in [1.82, 2.24) is 10.2 Å². The molecule has 10 nitrogen and oxygen atoms in total. The number of nitro groups is 1. The molecule has 1 aliphatic rings. The SMILES string of the molecule is COc1ccc([C@@H](C)NC(=O)N2CCN(c3ccc(S(C)(=O)=O)cc3[N+](=O)[O-])CC2)cc1F. The van der Waals surface area contributed by atoms with E-state index in [1.165, 1.54) is 31.4 Å². The quantitative estimate of drug-likeness (QED) is 0.498. The molecule has 0 radical (unpaired) electrons. The van der Waals surface area contributed by atoms with Gasteiger partial charge in [0.05, 0.1) is 23.0 Å². The smallest absolute Gasteiger partial charge is 0.317 e. The fourth-order valence-corrected chi connectivity index (χ4v) is 4.25. The Hall–Kier alpha value is -3.41. The summed E-state index contributed by atoms with van der Waals surface area (Å²) >= 11 is 0. The first kappa shape index (κ1) is 24.2. The molecule has 33 heavy (non-hydrogen) atoms. The maximum atomic E-state index is 14.0. The first-order valence-corrected chi connectivity index (χ1v) is 12.0. The van der Waals surface area contributed by atoms with Crippen LogP contribution in [0, 0.1) is 15.9 Å². The van der Waals surface area contributed by atoms with Gasteiger partial charge in [-0.25, -0.2) is 17.6 Å². The van der Waals surface area contributed by atoms with Crippen molar-refractivity contribution in [3.8, 4) is 5.75 Å². The number of nitrogens with one attached hydrogen (secondary N) is 1. The molecule has 1 N–H and O–H groups in total. The average Bonchev–Trinajstić information content (AvgIpc) is 2.78. The zero-order valence-electron chi connectivity index (χ0n) is 18.4. The highest BCUT2D eigenvalue weighted by molar-refractivity contribution is 7.90. The third-order valence-corrected chi connectivity index (χ3v) is 6.61. The fraction of sp³-hybridized carbons (Fsp3) is 0.381. The maximum Gasteiger partial charge on any atom is 0.317 e. The number of piperazine rings is 1. The molecule has 0 aliphatic carbocycles. The second kappa shape index (κ2) is 9.61. The molecule has 12 heteroatoms. The number of hydrogen-bond donors (Lipinski definition) is 1. The van der Waals surface area contributed by atoms with Gasteiger partial charge in [-0.15, -0.1) is 0 Å². The number of urea groups is 1. The third kappa shape index (κ3) is 5.51. The molecule has 1 atom stereocenters. The lowest BCUT2D eigenvalue weighted by Gasteiger charge is -2.36. The Morgan fingerprint density at radius 1 is 1.18 bits per heavy atom. The van der Waals surface area contributed by atoms with Gasteiger partial charge in [-0.3, -0.25) is 10.1 Å². The number of nitrogens with zero attached hydrogens (tertiary/aromatic N) is 3. The highest BCUT2D eigenvalue weighted by Gasteiger charge is 2.27. The van der Waals surface area contributed by atoms with E-state index in [9.17, 15) is 27.7 Å². The number of halogens is 1. The predicted octanol–water partition coefficient (Wildman–Crippen LogP) is 2.74. The first-order chi connectivity index (χ1) is 15.5. The van der Waals surface area contributed by atoms with Crippen LogP contribution in [0.15, 0.2) is 41.3 Å². The molecule has 2 amide bonds. The number of amides is 2. The van der Waals surface area contributed by atoms with Crippen molar-refractivity contribution in [3.05, 3.63) is 57.9 Å². The minimum atomic E-state index is -3.58. The van der Waals surface area contributed by atoms with E-state index < -0.39 is 26.6 Å². The maximum absolute atomic E-state index is 14.0. The summed E-state index contributed by atoms with van der Waals surface area (Å²) in [5.74, 6) is -0.403. The summed E-state index contributed by atoms with van der Waals surface area (Å²) in [6.45, 7) is 3.01. The monoisotopic (exact) mass is 480 g/mol. The molecular formula is C21H25FN4O6S. The van der Waals surface area contributed by atoms with Crippen LogP contribution in [0.4, 0.5) is 20.6 Å². The Morgan fingerprint density at radius 2 is 1.85 bits per heavy atom. The average molecular weight is 481 g/mol. The van der Waals surface area contributed by atoms with Gasteiger partial charge in [0.15, 0.2) is 21.4 Å². The van der Waals surface area contributed by atoms with E-state index in [0.717, 1.165) is 12.3 Å². The molecule has 1 aliphatic heterocycles. The zero-order chi connectivity index (χ0) is 24.3. The van der Waals surface area contributed by atoms with Crippen LogP contribution < -0.4 is 15.0 Å². The summed E-state index contributed by atoms with van der Waals surface area (Å²) in [6.07, 6.45) is 0.991. The zero-order valence-corrected chi connectivity index (χ0v) is 19.3. The van der Waals surface area contributed by atoms with Gasteiger partial charge in [-0.2, -0.15) is 0 Å². The van der Waals surface area contributed by atoms with Crippen molar-refractivity contribution < 1.29 is 27.3 Å². The summed E-state index contributed by atoms with van der Waals surface area (Å²) < 4.78 is 42.3. The van der Waals surface area contributed by atoms with Gasteiger partial charge >= 0.3 is 6.03 Å². The summed E-state index contributed by atoms with van der Waals surface area (Å²) in [4.78, 5) is 26.8. The Labute approximate surface area is 191 Å². The lowest BCUT2D eigenvalue weighted by molar-refractivity contribution is -0.384. The molecule has 2 aromatic carbocycles. The van der Waals surface area contributed by atoms with Crippen LogP contribution in [-0.2, 0) is 9.84 Å². The van der Waals surface area contributed by atoms with Gasteiger partial charge in [-0.05, 0) is 36.8 Å². The highest BCUT2D eigenvalue weighted by atomic mass is 32.2. The van der Waals surface area contributed by atoms with Gasteiger partial charge in [-0.1, -0.05) is 6.07 Å². The Bertz CT molecular complexity index is 1170. The highest BCUT2D eigenvalue weighted by Crippen LogP contribution is 2.31. The first-order valence-electron chi connectivity index (χ1n) is 10.1. The predicted molar refractivity (Wildman–Crippen MR) is 120 cm³/mol. The molecular weight excluding hydrogens is 455 g/mol. The van der Waals surface area contributed by atoms with E-state index in [-0.39, 0.29) is 22.4 Å². The normalized spacial score (nSPS) is 15.2. The molecule has 0 saturated carbocycles. The number of sulfone groups is 1. The van der Waals surface area contributed by atoms with Gasteiger partial charge in [0.25, 0.3) is 5.69 Å². The molecule has 3 rings (SSSR count). The molecule has 0 aromatic heterocycles. The Kier molecular flexibility index (Phi) is 7.06. The lowest BCUT2D eigenvalue weighted by atomic mass is 10.1. The van der Waals surface area contributed by atoms with Crippen LogP contribution >= 0.6 is 0 Å². The van der Waals surface area contributed by atoms with Gasteiger partial charge in [0.1, 0.15) is 5.69 Å². The Morgan fingerprint density at radius 3 is 2.39 bits per heavy atom.